The molecule has 13 nitrogen and oxygen atoms in total. The minimum atomic E-state index is 0.298. The zero-order valence-electron chi connectivity index (χ0n) is 45.7. The first kappa shape index (κ1) is 51.3. The van der Waals surface area contributed by atoms with Gasteiger partial charge in [0.25, 0.3) is 0 Å². The molecule has 12 aliphatic rings. The van der Waals surface area contributed by atoms with Crippen LogP contribution in [0.15, 0.2) is 97.3 Å². The maximum absolute atomic E-state index is 5.60. The number of nitrogens with zero attached hydrogens (tertiary/aromatic N) is 4. The monoisotopic (exact) mass is 1060 g/mol. The summed E-state index contributed by atoms with van der Waals surface area (Å²) in [6.07, 6.45) is 27.5. The van der Waals surface area contributed by atoms with Gasteiger partial charge < -0.3 is 43.7 Å². The van der Waals surface area contributed by atoms with E-state index in [-0.39, 0.29) is 0 Å². The van der Waals surface area contributed by atoms with Crippen LogP contribution in [0, 0.1) is 53.3 Å². The van der Waals surface area contributed by atoms with Crippen molar-refractivity contribution in [3.8, 4) is 51.3 Å². The van der Waals surface area contributed by atoms with Crippen molar-refractivity contribution >= 4 is 11.8 Å². The Morgan fingerprint density at radius 2 is 0.857 bits per heavy atom. The first-order chi connectivity index (χ1) is 37.6. The molecule has 0 unspecified atom stereocenters. The summed E-state index contributed by atoms with van der Waals surface area (Å²) in [6.45, 7) is 2.29. The second-order valence-corrected chi connectivity index (χ2v) is 26.4. The highest BCUT2D eigenvalue weighted by atomic mass is 32.2. The lowest BCUT2D eigenvalue weighted by Crippen LogP contribution is -2.58. The second-order valence-electron chi connectivity index (χ2n) is 25.6. The van der Waals surface area contributed by atoms with Crippen LogP contribution in [0.25, 0.3) is 34.0 Å². The quantitative estimate of drug-likeness (QED) is 0.0787. The van der Waals surface area contributed by atoms with E-state index in [2.05, 4.69) is 79.1 Å². The Kier molecular flexibility index (Phi) is 14.3. The van der Waals surface area contributed by atoms with Crippen molar-refractivity contribution in [2.75, 3.05) is 27.6 Å². The number of hydrogen-bond donors (Lipinski definition) is 3. The van der Waals surface area contributed by atoms with Gasteiger partial charge in [-0.2, -0.15) is 4.98 Å². The van der Waals surface area contributed by atoms with Crippen LogP contribution in [-0.2, 0) is 19.6 Å². The number of nitrogens with one attached hydrogen (secondary N) is 3. The third kappa shape index (κ3) is 11.1. The van der Waals surface area contributed by atoms with E-state index in [0.29, 0.717) is 46.4 Å². The highest BCUT2D eigenvalue weighted by molar-refractivity contribution is 7.98. The van der Waals surface area contributed by atoms with Crippen molar-refractivity contribution in [1.29, 1.82) is 0 Å². The largest absolute Gasteiger partial charge is 0.497 e. The van der Waals surface area contributed by atoms with E-state index >= 15 is 0 Å². The molecular formula is C63H79N7O6S. The molecule has 0 amide bonds. The molecular weight excluding hydrogens is 983 g/mol. The van der Waals surface area contributed by atoms with E-state index in [1.807, 2.05) is 42.5 Å². The van der Waals surface area contributed by atoms with E-state index in [9.17, 15) is 0 Å². The lowest BCUT2D eigenvalue weighted by molar-refractivity contribution is -0.0217. The normalized spacial score (nSPS) is 32.4. The molecule has 12 fully saturated rings. The van der Waals surface area contributed by atoms with Crippen molar-refractivity contribution in [2.24, 2.45) is 53.3 Å². The van der Waals surface area contributed by atoms with Crippen molar-refractivity contribution in [1.82, 2.24) is 36.4 Å². The topological polar surface area (TPSA) is 155 Å². The number of hydrogen-bond acceptors (Lipinski definition) is 14. The molecule has 12 bridgehead atoms. The number of rotatable bonds is 16. The average molecular weight is 1060 g/mol. The summed E-state index contributed by atoms with van der Waals surface area (Å²) in [5.74, 6) is 13.7. The van der Waals surface area contributed by atoms with Gasteiger partial charge in [0, 0.05) is 63.4 Å². The van der Waals surface area contributed by atoms with Gasteiger partial charge in [-0.05, 0) is 230 Å². The molecule has 0 atom stereocenters. The Morgan fingerprint density at radius 1 is 0.455 bits per heavy atom. The molecule has 0 radical (unpaired) electrons. The molecule has 3 heterocycles. The molecule has 3 aromatic carbocycles. The van der Waals surface area contributed by atoms with Crippen LogP contribution in [0.5, 0.6) is 17.2 Å². The second kappa shape index (κ2) is 21.5. The van der Waals surface area contributed by atoms with Crippen molar-refractivity contribution in [3.05, 3.63) is 96.1 Å². The van der Waals surface area contributed by atoms with Crippen LogP contribution in [0.2, 0.25) is 0 Å². The predicted molar refractivity (Wildman–Crippen MR) is 298 cm³/mol. The van der Waals surface area contributed by atoms with Crippen LogP contribution in [-0.4, -0.2) is 64.7 Å². The van der Waals surface area contributed by atoms with Crippen LogP contribution >= 0.6 is 11.8 Å². The summed E-state index contributed by atoms with van der Waals surface area (Å²) >= 11 is 1.76. The summed E-state index contributed by atoms with van der Waals surface area (Å²) in [7, 11) is 4.93. The van der Waals surface area contributed by atoms with Crippen LogP contribution in [0.3, 0.4) is 0 Å². The molecule has 408 valence electrons. The van der Waals surface area contributed by atoms with Gasteiger partial charge in [0.2, 0.25) is 11.7 Å². The number of thioether (sulfide) groups is 1. The Labute approximate surface area is 458 Å². The number of aromatic nitrogens is 4. The van der Waals surface area contributed by atoms with E-state index < -0.39 is 0 Å². The third-order valence-electron chi connectivity index (χ3n) is 20.0. The van der Waals surface area contributed by atoms with Gasteiger partial charge in [-0.1, -0.05) is 27.6 Å². The van der Waals surface area contributed by atoms with Gasteiger partial charge >= 0.3 is 0 Å². The van der Waals surface area contributed by atoms with E-state index in [4.69, 9.17) is 27.8 Å². The summed E-state index contributed by atoms with van der Waals surface area (Å²) in [6, 6.07) is 26.2. The minimum absolute atomic E-state index is 0.298. The van der Waals surface area contributed by atoms with Gasteiger partial charge in [-0.25, -0.2) is 0 Å². The molecule has 3 aromatic heterocycles. The molecule has 6 aromatic rings. The molecule has 0 saturated heterocycles. The predicted octanol–water partition coefficient (Wildman–Crippen LogP) is 13.3. The maximum Gasteiger partial charge on any atom is 0.240 e. The SMILES string of the molecule is COc1ccc(-c2cc(CNC34CC5CC(CC(C5)C3)C4)no2)cc1.COc1ccc(-c2noc(CNC34CC5CC(CC(C5)C3)C4)n2)cc1OC.CSc1ccc(-c2cc(CNC34CC5CC(CC(C5)C3)C4)no2)cc1. The van der Waals surface area contributed by atoms with Gasteiger partial charge in [0.05, 0.1) is 39.3 Å². The van der Waals surface area contributed by atoms with Crippen LogP contribution in [0.4, 0.5) is 0 Å². The van der Waals surface area contributed by atoms with Crippen LogP contribution < -0.4 is 30.2 Å². The summed E-state index contributed by atoms with van der Waals surface area (Å²) in [5.41, 5.74) is 6.08. The first-order valence-electron chi connectivity index (χ1n) is 29.1. The van der Waals surface area contributed by atoms with Crippen molar-refractivity contribution in [2.45, 2.75) is 157 Å². The Hall–Kier alpha value is -5.15. The Morgan fingerprint density at radius 3 is 1.26 bits per heavy atom. The Balaban J connectivity index is 0.000000110. The first-order valence-corrected chi connectivity index (χ1v) is 30.3. The van der Waals surface area contributed by atoms with Crippen LogP contribution in [0.1, 0.15) is 133 Å². The average Bonchev–Trinajstić information content (AvgIpc) is 4.25. The summed E-state index contributed by atoms with van der Waals surface area (Å²) in [4.78, 5) is 5.86. The molecule has 12 aliphatic carbocycles. The van der Waals surface area contributed by atoms with Gasteiger partial charge in [-0.3, -0.25) is 0 Å². The number of benzene rings is 3. The molecule has 14 heteroatoms. The molecule has 0 aliphatic heterocycles. The van der Waals surface area contributed by atoms with E-state index in [0.717, 1.165) is 112 Å². The molecule has 12 saturated carbocycles. The number of ether oxygens (including phenoxy) is 3. The van der Waals surface area contributed by atoms with Crippen molar-refractivity contribution in [3.63, 3.8) is 0 Å². The fourth-order valence-corrected chi connectivity index (χ4v) is 18.2. The fourth-order valence-electron chi connectivity index (χ4n) is 17.8. The van der Waals surface area contributed by atoms with E-state index in [1.165, 1.54) is 120 Å². The molecule has 77 heavy (non-hydrogen) atoms. The summed E-state index contributed by atoms with van der Waals surface area (Å²) in [5, 5.41) is 24.3. The Bertz CT molecular complexity index is 2730. The van der Waals surface area contributed by atoms with Gasteiger partial charge in [0.15, 0.2) is 23.0 Å². The molecule has 18 rings (SSSR count). The van der Waals surface area contributed by atoms with Crippen molar-refractivity contribution < 1.29 is 27.8 Å². The van der Waals surface area contributed by atoms with Gasteiger partial charge in [0.1, 0.15) is 5.75 Å². The van der Waals surface area contributed by atoms with Gasteiger partial charge in [-0.15, -0.1) is 11.8 Å². The zero-order valence-corrected chi connectivity index (χ0v) is 46.5. The van der Waals surface area contributed by atoms with E-state index in [1.54, 1.807) is 33.1 Å². The highest BCUT2D eigenvalue weighted by Crippen LogP contribution is 2.58. The molecule has 3 N–H and O–H groups in total. The number of methoxy groups -OCH3 is 3. The minimum Gasteiger partial charge on any atom is -0.497 e. The highest BCUT2D eigenvalue weighted by Gasteiger charge is 2.53. The maximum atomic E-state index is 5.60. The lowest BCUT2D eigenvalue weighted by Gasteiger charge is -2.57. The summed E-state index contributed by atoms with van der Waals surface area (Å²) < 4.78 is 32.5. The smallest absolute Gasteiger partial charge is 0.240 e. The standard InChI is InChI=1S/C21H27N3O3.C21H26N2O2.C21H26N2OS/c1-25-17-4-3-16(8-18(17)26-2)20-23-19(27-24-20)12-22-21-9-13-5-14(10-21)7-15(6-13)11-21;1-24-19-4-2-17(3-5-19)20-9-18(23-25-20)13-22-21-10-14-6-15(11-21)8-16(7-14)12-21;1-25-19-4-2-17(3-5-19)20-9-18(23-24-20)13-22-21-10-14-6-15(11-21)8-16(7-14)12-21/h3-4,8,13-15,22H,5-7,9-12H2,1-2H3;2*2-5,9,14-16,22H,6-8,10-13H2,1H3. The zero-order chi connectivity index (χ0) is 52.1. The fraction of sp³-hybridized carbons (Fsp3) is 0.587. The molecule has 0 spiro atoms. The third-order valence-corrected chi connectivity index (χ3v) is 20.7. The lowest BCUT2D eigenvalue weighted by atomic mass is 9.53.